The van der Waals surface area contributed by atoms with Crippen LogP contribution in [0.25, 0.3) is 0 Å². The molecule has 152 valence electrons. The Morgan fingerprint density at radius 1 is 0.966 bits per heavy atom. The predicted octanol–water partition coefficient (Wildman–Crippen LogP) is 4.54. The van der Waals surface area contributed by atoms with Gasteiger partial charge in [0.2, 0.25) is 0 Å². The summed E-state index contributed by atoms with van der Waals surface area (Å²) >= 11 is 0. The van der Waals surface area contributed by atoms with Crippen molar-refractivity contribution < 1.29 is 9.13 Å². The van der Waals surface area contributed by atoms with Gasteiger partial charge in [0.1, 0.15) is 17.3 Å². The Morgan fingerprint density at radius 2 is 1.66 bits per heavy atom. The highest BCUT2D eigenvalue weighted by Crippen LogP contribution is 2.21. The van der Waals surface area contributed by atoms with Crippen LogP contribution in [0.4, 0.5) is 4.39 Å². The first-order chi connectivity index (χ1) is 13.7. The van der Waals surface area contributed by atoms with Gasteiger partial charge >= 0.3 is 0 Å². The number of nitrogens with one attached hydrogen (secondary N) is 2. The van der Waals surface area contributed by atoms with Crippen LogP contribution in [0.5, 0.6) is 11.5 Å². The van der Waals surface area contributed by atoms with Gasteiger partial charge in [0, 0.05) is 38.4 Å². The quantitative estimate of drug-likeness (QED) is 0.281. The maximum absolute atomic E-state index is 12.9. The van der Waals surface area contributed by atoms with E-state index in [4.69, 9.17) is 4.74 Å². The molecule has 0 aliphatic carbocycles. The molecule has 0 amide bonds. The lowest BCUT2D eigenvalue weighted by molar-refractivity contribution is 0.480. The van der Waals surface area contributed by atoms with Crippen molar-refractivity contribution in [3.05, 3.63) is 90.0 Å². The second-order valence-electron chi connectivity index (χ2n) is 6.12. The maximum atomic E-state index is 12.9. The van der Waals surface area contributed by atoms with E-state index in [0.717, 1.165) is 30.2 Å². The number of halogens is 2. The molecule has 0 bridgehead atoms. The van der Waals surface area contributed by atoms with Crippen molar-refractivity contribution in [1.29, 1.82) is 0 Å². The van der Waals surface area contributed by atoms with Crippen molar-refractivity contribution >= 4 is 29.9 Å². The summed E-state index contributed by atoms with van der Waals surface area (Å²) in [6, 6.07) is 19.6. The summed E-state index contributed by atoms with van der Waals surface area (Å²) in [4.78, 5) is 8.54. The molecule has 3 rings (SSSR count). The molecule has 2 N–H and O–H groups in total. The number of hydrogen-bond acceptors (Lipinski definition) is 3. The Hall–Kier alpha value is -2.68. The van der Waals surface area contributed by atoms with Crippen LogP contribution in [0.15, 0.2) is 77.9 Å². The summed E-state index contributed by atoms with van der Waals surface area (Å²) in [5.74, 6) is 1.76. The zero-order chi connectivity index (χ0) is 19.6. The van der Waals surface area contributed by atoms with Gasteiger partial charge < -0.3 is 15.4 Å². The lowest BCUT2D eigenvalue weighted by Gasteiger charge is -2.12. The molecular formula is C22H24FIN4O. The van der Waals surface area contributed by atoms with Gasteiger partial charge in [-0.3, -0.25) is 9.98 Å². The van der Waals surface area contributed by atoms with Crippen molar-refractivity contribution in [2.45, 2.75) is 13.0 Å². The molecule has 0 fully saturated rings. The first-order valence-corrected chi connectivity index (χ1v) is 9.10. The van der Waals surface area contributed by atoms with Crippen LogP contribution in [0.2, 0.25) is 0 Å². The van der Waals surface area contributed by atoms with E-state index in [2.05, 4.69) is 20.6 Å². The SMILES string of the molecule is CN=C(NCCc1ccccn1)NCc1ccc(Oc2ccc(F)cc2)cc1.I. The molecule has 0 unspecified atom stereocenters. The fourth-order valence-electron chi connectivity index (χ4n) is 2.58. The first-order valence-electron chi connectivity index (χ1n) is 9.10. The van der Waals surface area contributed by atoms with E-state index in [1.165, 1.54) is 12.1 Å². The van der Waals surface area contributed by atoms with Crippen LogP contribution in [0, 0.1) is 5.82 Å². The molecule has 2 aromatic carbocycles. The van der Waals surface area contributed by atoms with Gasteiger partial charge in [0.15, 0.2) is 5.96 Å². The number of benzene rings is 2. The van der Waals surface area contributed by atoms with Crippen LogP contribution in [0.1, 0.15) is 11.3 Å². The van der Waals surface area contributed by atoms with Gasteiger partial charge in [0.25, 0.3) is 0 Å². The van der Waals surface area contributed by atoms with Crippen LogP contribution >= 0.6 is 24.0 Å². The van der Waals surface area contributed by atoms with E-state index < -0.39 is 0 Å². The molecule has 1 heterocycles. The highest BCUT2D eigenvalue weighted by atomic mass is 127. The number of pyridine rings is 1. The lowest BCUT2D eigenvalue weighted by Crippen LogP contribution is -2.37. The standard InChI is InChI=1S/C22H23FN4O.HI/c1-24-22(26-15-13-19-4-2-3-14-25-19)27-16-17-5-9-20(10-6-17)28-21-11-7-18(23)8-12-21;/h2-12,14H,13,15-16H2,1H3,(H2,24,26,27);1H. The van der Waals surface area contributed by atoms with Crippen LogP contribution < -0.4 is 15.4 Å². The Balaban J connectivity index is 0.00000300. The number of rotatable bonds is 7. The molecular weight excluding hydrogens is 482 g/mol. The minimum Gasteiger partial charge on any atom is -0.457 e. The summed E-state index contributed by atoms with van der Waals surface area (Å²) in [5.41, 5.74) is 2.14. The number of ether oxygens (including phenoxy) is 1. The largest absolute Gasteiger partial charge is 0.457 e. The molecule has 3 aromatic rings. The minimum absolute atomic E-state index is 0. The summed E-state index contributed by atoms with van der Waals surface area (Å²) in [6.45, 7) is 1.39. The number of aliphatic imine (C=N–C) groups is 1. The van der Waals surface area contributed by atoms with E-state index in [9.17, 15) is 4.39 Å². The van der Waals surface area contributed by atoms with Gasteiger partial charge in [-0.25, -0.2) is 4.39 Å². The Bertz CT molecular complexity index is 887. The van der Waals surface area contributed by atoms with E-state index in [-0.39, 0.29) is 29.8 Å². The monoisotopic (exact) mass is 506 g/mol. The minimum atomic E-state index is -0.282. The van der Waals surface area contributed by atoms with Crippen molar-refractivity contribution in [3.63, 3.8) is 0 Å². The highest BCUT2D eigenvalue weighted by molar-refractivity contribution is 14.0. The van der Waals surface area contributed by atoms with Gasteiger partial charge in [0.05, 0.1) is 0 Å². The number of guanidine groups is 1. The summed E-state index contributed by atoms with van der Waals surface area (Å²) in [6.07, 6.45) is 2.63. The fraction of sp³-hybridized carbons (Fsp3) is 0.182. The Kier molecular flexibility index (Phi) is 9.36. The lowest BCUT2D eigenvalue weighted by atomic mass is 10.2. The molecule has 29 heavy (non-hydrogen) atoms. The second-order valence-corrected chi connectivity index (χ2v) is 6.12. The van der Waals surface area contributed by atoms with Gasteiger partial charge in [-0.2, -0.15) is 0 Å². The number of aromatic nitrogens is 1. The summed E-state index contributed by atoms with van der Waals surface area (Å²) in [7, 11) is 1.75. The molecule has 0 aliphatic rings. The van der Waals surface area contributed by atoms with Gasteiger partial charge in [-0.15, -0.1) is 24.0 Å². The first kappa shape index (κ1) is 22.6. The second kappa shape index (κ2) is 12.0. The number of hydrogen-bond donors (Lipinski definition) is 2. The van der Waals surface area contributed by atoms with E-state index in [1.807, 2.05) is 42.5 Å². The molecule has 0 saturated carbocycles. The summed E-state index contributed by atoms with van der Waals surface area (Å²) < 4.78 is 18.6. The topological polar surface area (TPSA) is 58.5 Å². The van der Waals surface area contributed by atoms with Crippen LogP contribution in [-0.4, -0.2) is 24.5 Å². The average molecular weight is 506 g/mol. The molecule has 1 aromatic heterocycles. The van der Waals surface area contributed by atoms with Crippen molar-refractivity contribution in [1.82, 2.24) is 15.6 Å². The van der Waals surface area contributed by atoms with Crippen LogP contribution in [-0.2, 0) is 13.0 Å². The third-order valence-corrected chi connectivity index (χ3v) is 4.06. The molecule has 5 nitrogen and oxygen atoms in total. The average Bonchev–Trinajstić information content (AvgIpc) is 2.74. The van der Waals surface area contributed by atoms with Crippen LogP contribution in [0.3, 0.4) is 0 Å². The van der Waals surface area contributed by atoms with Gasteiger partial charge in [-0.1, -0.05) is 18.2 Å². The number of nitrogens with zero attached hydrogens (tertiary/aromatic N) is 2. The zero-order valence-electron chi connectivity index (χ0n) is 16.1. The normalized spacial score (nSPS) is 10.8. The zero-order valence-corrected chi connectivity index (χ0v) is 18.5. The Labute approximate surface area is 187 Å². The Morgan fingerprint density at radius 3 is 2.28 bits per heavy atom. The van der Waals surface area contributed by atoms with E-state index in [0.29, 0.717) is 18.0 Å². The predicted molar refractivity (Wildman–Crippen MR) is 124 cm³/mol. The molecule has 0 saturated heterocycles. The van der Waals surface area contributed by atoms with E-state index >= 15 is 0 Å². The van der Waals surface area contributed by atoms with Crippen molar-refractivity contribution in [2.24, 2.45) is 4.99 Å². The molecule has 0 aliphatic heterocycles. The molecule has 0 radical (unpaired) electrons. The summed E-state index contributed by atoms with van der Waals surface area (Å²) in [5, 5.41) is 6.56. The smallest absolute Gasteiger partial charge is 0.191 e. The fourth-order valence-corrected chi connectivity index (χ4v) is 2.58. The third-order valence-electron chi connectivity index (χ3n) is 4.06. The van der Waals surface area contributed by atoms with Gasteiger partial charge in [-0.05, 0) is 54.1 Å². The third kappa shape index (κ3) is 7.69. The van der Waals surface area contributed by atoms with Crippen molar-refractivity contribution in [2.75, 3.05) is 13.6 Å². The highest BCUT2D eigenvalue weighted by Gasteiger charge is 2.01. The molecule has 0 spiro atoms. The van der Waals surface area contributed by atoms with E-state index in [1.54, 1.807) is 25.4 Å². The maximum Gasteiger partial charge on any atom is 0.191 e. The van der Waals surface area contributed by atoms with Crippen molar-refractivity contribution in [3.8, 4) is 11.5 Å². The molecule has 7 heteroatoms. The molecule has 0 atom stereocenters.